The lowest BCUT2D eigenvalue weighted by Crippen LogP contribution is -2.16. The van der Waals surface area contributed by atoms with Crippen LogP contribution in [0.3, 0.4) is 0 Å². The molecular weight excluding hydrogens is 212 g/mol. The summed E-state index contributed by atoms with van der Waals surface area (Å²) in [6.07, 6.45) is 0. The summed E-state index contributed by atoms with van der Waals surface area (Å²) in [5.74, 6) is 0.829. The second-order valence-electron chi connectivity index (χ2n) is 3.72. The number of nitrogens with one attached hydrogen (secondary N) is 1. The standard InChI is InChI=1S/C14H14N2O/c1-16-8-9-17-14-7-6-11(10-15)12-4-2-3-5-13(12)14/h2-7,16H,8-9H2,1H3. The summed E-state index contributed by atoms with van der Waals surface area (Å²) in [5, 5.41) is 14.0. The van der Waals surface area contributed by atoms with E-state index in [0.717, 1.165) is 23.1 Å². The highest BCUT2D eigenvalue weighted by Gasteiger charge is 2.05. The maximum atomic E-state index is 9.04. The van der Waals surface area contributed by atoms with Crippen LogP contribution < -0.4 is 10.1 Å². The van der Waals surface area contributed by atoms with Crippen molar-refractivity contribution >= 4 is 10.8 Å². The van der Waals surface area contributed by atoms with E-state index in [0.29, 0.717) is 12.2 Å². The zero-order valence-electron chi connectivity index (χ0n) is 9.73. The molecule has 0 radical (unpaired) electrons. The molecule has 0 heterocycles. The van der Waals surface area contributed by atoms with Gasteiger partial charge in [0.05, 0.1) is 11.6 Å². The molecule has 1 N–H and O–H groups in total. The van der Waals surface area contributed by atoms with E-state index < -0.39 is 0 Å². The number of hydrogen-bond donors (Lipinski definition) is 1. The number of nitriles is 1. The van der Waals surface area contributed by atoms with Crippen LogP contribution >= 0.6 is 0 Å². The molecule has 86 valence electrons. The third-order valence-electron chi connectivity index (χ3n) is 2.61. The number of likely N-dealkylation sites (N-methyl/N-ethyl adjacent to an activating group) is 1. The van der Waals surface area contributed by atoms with Gasteiger partial charge < -0.3 is 10.1 Å². The summed E-state index contributed by atoms with van der Waals surface area (Å²) < 4.78 is 5.69. The molecular formula is C14H14N2O. The van der Waals surface area contributed by atoms with E-state index in [4.69, 9.17) is 10.00 Å². The molecule has 0 saturated heterocycles. The Morgan fingerprint density at radius 2 is 1.94 bits per heavy atom. The Morgan fingerprint density at radius 3 is 2.65 bits per heavy atom. The Morgan fingerprint density at radius 1 is 1.18 bits per heavy atom. The first-order chi connectivity index (χ1) is 8.36. The normalized spacial score (nSPS) is 10.1. The second-order valence-corrected chi connectivity index (χ2v) is 3.72. The summed E-state index contributed by atoms with van der Waals surface area (Å²) in [4.78, 5) is 0. The minimum absolute atomic E-state index is 0.617. The van der Waals surface area contributed by atoms with Crippen LogP contribution in [-0.2, 0) is 0 Å². The van der Waals surface area contributed by atoms with Gasteiger partial charge >= 0.3 is 0 Å². The Labute approximate surface area is 101 Å². The lowest BCUT2D eigenvalue weighted by atomic mass is 10.0. The molecule has 0 aliphatic heterocycles. The first kappa shape index (κ1) is 11.4. The number of hydrogen-bond acceptors (Lipinski definition) is 3. The van der Waals surface area contributed by atoms with Crippen LogP contribution in [0.15, 0.2) is 36.4 Å². The van der Waals surface area contributed by atoms with E-state index in [2.05, 4.69) is 11.4 Å². The highest BCUT2D eigenvalue weighted by molar-refractivity contribution is 5.92. The lowest BCUT2D eigenvalue weighted by Gasteiger charge is -2.09. The molecule has 0 saturated carbocycles. The zero-order valence-corrected chi connectivity index (χ0v) is 9.73. The van der Waals surface area contributed by atoms with Gasteiger partial charge in [0.1, 0.15) is 12.4 Å². The lowest BCUT2D eigenvalue weighted by molar-refractivity contribution is 0.322. The third-order valence-corrected chi connectivity index (χ3v) is 2.61. The van der Waals surface area contributed by atoms with Gasteiger partial charge in [0.2, 0.25) is 0 Å². The minimum atomic E-state index is 0.617. The molecule has 2 aromatic carbocycles. The van der Waals surface area contributed by atoms with Crippen molar-refractivity contribution < 1.29 is 4.74 Å². The number of nitrogens with zero attached hydrogens (tertiary/aromatic N) is 1. The van der Waals surface area contributed by atoms with E-state index in [9.17, 15) is 0 Å². The summed E-state index contributed by atoms with van der Waals surface area (Å²) in [6.45, 7) is 1.42. The molecule has 0 spiro atoms. The van der Waals surface area contributed by atoms with Gasteiger partial charge in [0.25, 0.3) is 0 Å². The quantitative estimate of drug-likeness (QED) is 0.814. The van der Waals surface area contributed by atoms with Crippen molar-refractivity contribution in [2.24, 2.45) is 0 Å². The van der Waals surface area contributed by atoms with Crippen molar-refractivity contribution in [3.8, 4) is 11.8 Å². The molecule has 0 aromatic heterocycles. The van der Waals surface area contributed by atoms with Crippen molar-refractivity contribution in [3.05, 3.63) is 42.0 Å². The first-order valence-electron chi connectivity index (χ1n) is 5.56. The zero-order chi connectivity index (χ0) is 12.1. The molecule has 3 heteroatoms. The summed E-state index contributed by atoms with van der Waals surface area (Å²) in [6, 6.07) is 13.7. The minimum Gasteiger partial charge on any atom is -0.492 e. The highest BCUT2D eigenvalue weighted by Crippen LogP contribution is 2.27. The van der Waals surface area contributed by atoms with Crippen LogP contribution in [0.25, 0.3) is 10.8 Å². The molecule has 3 nitrogen and oxygen atoms in total. The number of fused-ring (bicyclic) bond motifs is 1. The van der Waals surface area contributed by atoms with Crippen molar-refractivity contribution in [1.82, 2.24) is 5.32 Å². The average molecular weight is 226 g/mol. The first-order valence-corrected chi connectivity index (χ1v) is 5.56. The van der Waals surface area contributed by atoms with E-state index in [1.54, 1.807) is 6.07 Å². The summed E-state index contributed by atoms with van der Waals surface area (Å²) in [5.41, 5.74) is 0.682. The number of benzene rings is 2. The Balaban J connectivity index is 2.41. The summed E-state index contributed by atoms with van der Waals surface area (Å²) in [7, 11) is 1.89. The topological polar surface area (TPSA) is 45.0 Å². The highest BCUT2D eigenvalue weighted by atomic mass is 16.5. The molecule has 2 rings (SSSR count). The fourth-order valence-corrected chi connectivity index (χ4v) is 1.76. The monoisotopic (exact) mass is 226 g/mol. The van der Waals surface area contributed by atoms with Gasteiger partial charge in [-0.05, 0) is 19.2 Å². The Kier molecular flexibility index (Phi) is 3.59. The SMILES string of the molecule is CNCCOc1ccc(C#N)c2ccccc12. The van der Waals surface area contributed by atoms with Gasteiger partial charge in [-0.1, -0.05) is 24.3 Å². The van der Waals surface area contributed by atoms with Crippen LogP contribution in [-0.4, -0.2) is 20.2 Å². The van der Waals surface area contributed by atoms with Crippen LogP contribution in [0.2, 0.25) is 0 Å². The van der Waals surface area contributed by atoms with Crippen LogP contribution in [0, 0.1) is 11.3 Å². The van der Waals surface area contributed by atoms with Gasteiger partial charge in [-0.2, -0.15) is 5.26 Å². The van der Waals surface area contributed by atoms with Crippen LogP contribution in [0.5, 0.6) is 5.75 Å². The van der Waals surface area contributed by atoms with E-state index in [-0.39, 0.29) is 0 Å². The predicted octanol–water partition coefficient (Wildman–Crippen LogP) is 2.31. The van der Waals surface area contributed by atoms with E-state index in [1.807, 2.05) is 37.4 Å². The van der Waals surface area contributed by atoms with Crippen molar-refractivity contribution in [2.75, 3.05) is 20.2 Å². The predicted molar refractivity (Wildman–Crippen MR) is 68.1 cm³/mol. The average Bonchev–Trinajstić information content (AvgIpc) is 2.39. The van der Waals surface area contributed by atoms with E-state index in [1.165, 1.54) is 0 Å². The van der Waals surface area contributed by atoms with Crippen LogP contribution in [0.1, 0.15) is 5.56 Å². The third kappa shape index (κ3) is 2.38. The largest absolute Gasteiger partial charge is 0.492 e. The van der Waals surface area contributed by atoms with Crippen LogP contribution in [0.4, 0.5) is 0 Å². The smallest absolute Gasteiger partial charge is 0.127 e. The Hall–Kier alpha value is -2.05. The van der Waals surface area contributed by atoms with Gasteiger partial charge in [-0.15, -0.1) is 0 Å². The van der Waals surface area contributed by atoms with Gasteiger partial charge in [0.15, 0.2) is 0 Å². The van der Waals surface area contributed by atoms with E-state index >= 15 is 0 Å². The fourth-order valence-electron chi connectivity index (χ4n) is 1.76. The fraction of sp³-hybridized carbons (Fsp3) is 0.214. The number of ether oxygens (including phenoxy) is 1. The molecule has 0 aliphatic rings. The molecule has 0 aliphatic carbocycles. The van der Waals surface area contributed by atoms with Gasteiger partial charge in [0, 0.05) is 17.3 Å². The molecule has 0 fully saturated rings. The molecule has 0 amide bonds. The molecule has 0 unspecified atom stereocenters. The van der Waals surface area contributed by atoms with Crippen molar-refractivity contribution in [3.63, 3.8) is 0 Å². The molecule has 2 aromatic rings. The second kappa shape index (κ2) is 5.33. The number of rotatable bonds is 4. The maximum Gasteiger partial charge on any atom is 0.127 e. The van der Waals surface area contributed by atoms with Gasteiger partial charge in [-0.3, -0.25) is 0 Å². The molecule has 0 atom stereocenters. The Bertz CT molecular complexity index is 558. The van der Waals surface area contributed by atoms with Crippen molar-refractivity contribution in [2.45, 2.75) is 0 Å². The van der Waals surface area contributed by atoms with Crippen molar-refractivity contribution in [1.29, 1.82) is 5.26 Å². The van der Waals surface area contributed by atoms with Gasteiger partial charge in [-0.25, -0.2) is 0 Å². The summed E-state index contributed by atoms with van der Waals surface area (Å²) >= 11 is 0. The molecule has 17 heavy (non-hydrogen) atoms. The maximum absolute atomic E-state index is 9.04. The molecule has 0 bridgehead atoms.